The molecule has 3 N–H and O–H groups in total. The Balaban J connectivity index is 0.000000237. The molecule has 0 spiro atoms. The number of imidazole rings is 1. The van der Waals surface area contributed by atoms with Crippen molar-refractivity contribution in [2.24, 2.45) is 12.8 Å². The summed E-state index contributed by atoms with van der Waals surface area (Å²) in [6.45, 7) is 8.99. The van der Waals surface area contributed by atoms with Gasteiger partial charge in [0.1, 0.15) is 12.4 Å². The summed E-state index contributed by atoms with van der Waals surface area (Å²) in [6.07, 6.45) is 4.15. The van der Waals surface area contributed by atoms with E-state index in [4.69, 9.17) is 39.4 Å². The molecule has 2 aliphatic rings. The number of ether oxygens (including phenoxy) is 6. The second-order valence-corrected chi connectivity index (χ2v) is 13.5. The molecule has 0 atom stereocenters. The lowest BCUT2D eigenvalue weighted by Gasteiger charge is -2.28. The standard InChI is InChI=1S/C20H30N4O6.C19H20FN3O.C3H6O/c1-24-18-14-16(2-3-17(18)23-19(24)15-25)20(26)22-5-7-28-9-11-30-13-12-29-10-8-27-6-4-21;1-23-9-7-15(8-10-23)18-3-2-4-19(22-18)24-13-16-6-5-14(12-21)11-17(16)20;1-2-4-3-1/h2-3,14-15H,4-13,21H2,1H3,(H,22,26);2-6,11,15H,7-10,13H2,1H3;1-3H2. The van der Waals surface area contributed by atoms with Gasteiger partial charge in [-0.1, -0.05) is 12.1 Å². The third-order valence-electron chi connectivity index (χ3n) is 9.21. The van der Waals surface area contributed by atoms with Crippen LogP contribution in [0.3, 0.4) is 0 Å². The van der Waals surface area contributed by atoms with E-state index in [2.05, 4.69) is 27.2 Å². The predicted octanol–water partition coefficient (Wildman–Crippen LogP) is 4.03. The minimum Gasteiger partial charge on any atom is -0.473 e. The summed E-state index contributed by atoms with van der Waals surface area (Å²) < 4.78 is 47.3. The van der Waals surface area contributed by atoms with Crippen molar-refractivity contribution in [3.8, 4) is 11.9 Å². The van der Waals surface area contributed by atoms with Gasteiger partial charge in [0.05, 0.1) is 75.5 Å². The van der Waals surface area contributed by atoms with Crippen LogP contribution < -0.4 is 15.8 Å². The summed E-state index contributed by atoms with van der Waals surface area (Å²) in [7, 11) is 3.87. The van der Waals surface area contributed by atoms with Crippen molar-refractivity contribution in [1.29, 1.82) is 5.26 Å². The van der Waals surface area contributed by atoms with E-state index in [1.54, 1.807) is 48.0 Å². The first-order valence-electron chi connectivity index (χ1n) is 19.6. The summed E-state index contributed by atoms with van der Waals surface area (Å²) in [5.74, 6) is 0.645. The van der Waals surface area contributed by atoms with Crippen LogP contribution in [0.25, 0.3) is 11.0 Å². The van der Waals surface area contributed by atoms with E-state index in [1.165, 1.54) is 12.5 Å². The van der Waals surface area contributed by atoms with E-state index < -0.39 is 5.82 Å². The summed E-state index contributed by atoms with van der Waals surface area (Å²) in [5.41, 5.74) is 8.97. The fraction of sp³-hybridized carbons (Fsp3) is 0.500. The lowest BCUT2D eigenvalue weighted by atomic mass is 9.93. The third kappa shape index (κ3) is 15.8. The minimum atomic E-state index is -0.430. The van der Waals surface area contributed by atoms with Gasteiger partial charge in [-0.25, -0.2) is 14.4 Å². The molecule has 1 amide bonds. The third-order valence-corrected chi connectivity index (χ3v) is 9.21. The first-order chi connectivity index (χ1) is 28.3. The number of piperidine rings is 1. The second kappa shape index (κ2) is 26.2. The number of halogens is 1. The van der Waals surface area contributed by atoms with Crippen LogP contribution in [-0.2, 0) is 37.3 Å². The van der Waals surface area contributed by atoms with Crippen molar-refractivity contribution in [2.75, 3.05) is 99.3 Å². The van der Waals surface area contributed by atoms with Gasteiger partial charge in [-0.05, 0) is 75.8 Å². The number of nitriles is 1. The summed E-state index contributed by atoms with van der Waals surface area (Å²) in [6, 6.07) is 17.2. The molecule has 15 nitrogen and oxygen atoms in total. The van der Waals surface area contributed by atoms with Gasteiger partial charge in [0.25, 0.3) is 5.91 Å². The van der Waals surface area contributed by atoms with Crippen molar-refractivity contribution in [2.45, 2.75) is 31.8 Å². The van der Waals surface area contributed by atoms with Gasteiger partial charge < -0.3 is 48.9 Å². The highest BCUT2D eigenvalue weighted by molar-refractivity contribution is 5.98. The molecule has 2 fully saturated rings. The van der Waals surface area contributed by atoms with Crippen LogP contribution in [0.4, 0.5) is 4.39 Å². The normalized spacial score (nSPS) is 14.0. The number of hydrogen-bond donors (Lipinski definition) is 2. The van der Waals surface area contributed by atoms with Crippen LogP contribution >= 0.6 is 0 Å². The molecule has 6 rings (SSSR count). The first kappa shape index (κ1) is 45.8. The Kier molecular flexibility index (Phi) is 20.7. The number of rotatable bonds is 20. The first-order valence-corrected chi connectivity index (χ1v) is 19.6. The number of pyridine rings is 1. The van der Waals surface area contributed by atoms with Gasteiger partial charge in [-0.15, -0.1) is 0 Å². The zero-order chi connectivity index (χ0) is 41.4. The molecule has 2 saturated heterocycles. The van der Waals surface area contributed by atoms with E-state index in [0.29, 0.717) is 112 Å². The molecular formula is C42H56FN7O8. The number of aromatic nitrogens is 3. The summed E-state index contributed by atoms with van der Waals surface area (Å²) >= 11 is 0. The Labute approximate surface area is 339 Å². The number of nitrogens with two attached hydrogens (primary N) is 1. The molecule has 0 saturated carbocycles. The molecule has 0 bridgehead atoms. The van der Waals surface area contributed by atoms with Crippen molar-refractivity contribution in [3.63, 3.8) is 0 Å². The Hall–Kier alpha value is -4.86. The fourth-order valence-corrected chi connectivity index (χ4v) is 5.71. The number of aldehydes is 1. The topological polar surface area (TPSA) is 185 Å². The molecule has 0 radical (unpaired) electrons. The van der Waals surface area contributed by atoms with Crippen LogP contribution in [0.5, 0.6) is 5.88 Å². The molecule has 4 aromatic rings. The maximum Gasteiger partial charge on any atom is 0.251 e. The van der Waals surface area contributed by atoms with Crippen molar-refractivity contribution in [3.05, 3.63) is 88.6 Å². The molecule has 4 heterocycles. The number of amides is 1. The van der Waals surface area contributed by atoms with E-state index in [1.807, 2.05) is 18.2 Å². The number of aryl methyl sites for hydroxylation is 1. The number of nitrogens with zero attached hydrogens (tertiary/aromatic N) is 5. The molecule has 314 valence electrons. The number of benzene rings is 2. The highest BCUT2D eigenvalue weighted by Crippen LogP contribution is 2.27. The van der Waals surface area contributed by atoms with E-state index in [-0.39, 0.29) is 12.5 Å². The van der Waals surface area contributed by atoms with Gasteiger partial charge in [-0.2, -0.15) is 5.26 Å². The molecular weight excluding hydrogens is 750 g/mol. The number of likely N-dealkylation sites (tertiary alicyclic amines) is 1. The van der Waals surface area contributed by atoms with Crippen LogP contribution in [-0.4, -0.2) is 131 Å². The zero-order valence-corrected chi connectivity index (χ0v) is 33.5. The fourth-order valence-electron chi connectivity index (χ4n) is 5.71. The number of fused-ring (bicyclic) bond motifs is 1. The smallest absolute Gasteiger partial charge is 0.251 e. The lowest BCUT2D eigenvalue weighted by molar-refractivity contribution is -0.000579. The van der Waals surface area contributed by atoms with Crippen molar-refractivity contribution >= 4 is 23.2 Å². The Morgan fingerprint density at radius 1 is 0.948 bits per heavy atom. The molecule has 2 aromatic carbocycles. The Morgan fingerprint density at radius 3 is 2.21 bits per heavy atom. The number of nitrogens with one attached hydrogen (secondary N) is 1. The van der Waals surface area contributed by atoms with E-state index in [0.717, 1.165) is 50.4 Å². The van der Waals surface area contributed by atoms with Gasteiger partial charge in [0.2, 0.25) is 5.88 Å². The molecule has 0 aliphatic carbocycles. The number of carbonyl (C=O) groups excluding carboxylic acids is 2. The van der Waals surface area contributed by atoms with E-state index >= 15 is 0 Å². The quantitative estimate of drug-likeness (QED) is 0.0965. The van der Waals surface area contributed by atoms with Gasteiger partial charge in [0.15, 0.2) is 12.1 Å². The average Bonchev–Trinajstić information content (AvgIpc) is 3.54. The van der Waals surface area contributed by atoms with E-state index in [9.17, 15) is 14.0 Å². The maximum atomic E-state index is 13.9. The van der Waals surface area contributed by atoms with Gasteiger partial charge in [-0.3, -0.25) is 9.59 Å². The Bertz CT molecular complexity index is 1870. The van der Waals surface area contributed by atoms with Crippen LogP contribution in [0.2, 0.25) is 0 Å². The molecule has 16 heteroatoms. The van der Waals surface area contributed by atoms with Crippen LogP contribution in [0.1, 0.15) is 63.0 Å². The number of hydrogen-bond acceptors (Lipinski definition) is 13. The molecule has 58 heavy (non-hydrogen) atoms. The summed E-state index contributed by atoms with van der Waals surface area (Å²) in [5, 5.41) is 11.6. The lowest BCUT2D eigenvalue weighted by Crippen LogP contribution is -2.29. The highest BCUT2D eigenvalue weighted by atomic mass is 19.1. The average molecular weight is 806 g/mol. The monoisotopic (exact) mass is 805 g/mol. The van der Waals surface area contributed by atoms with Crippen LogP contribution in [0, 0.1) is 17.1 Å². The summed E-state index contributed by atoms with van der Waals surface area (Å²) in [4.78, 5) is 34.3. The predicted molar refractivity (Wildman–Crippen MR) is 215 cm³/mol. The molecule has 2 aromatic heterocycles. The Morgan fingerprint density at radius 2 is 1.60 bits per heavy atom. The van der Waals surface area contributed by atoms with Crippen molar-refractivity contribution < 1.29 is 42.4 Å². The maximum absolute atomic E-state index is 13.9. The zero-order valence-electron chi connectivity index (χ0n) is 33.5. The molecule has 2 aliphatic heterocycles. The molecule has 0 unspecified atom stereocenters. The van der Waals surface area contributed by atoms with Gasteiger partial charge >= 0.3 is 0 Å². The van der Waals surface area contributed by atoms with Gasteiger partial charge in [0, 0.05) is 62.2 Å². The SMILES string of the molecule is C1COC1.CN1CCC(c2cccc(OCc3ccc(C#N)cc3F)n2)CC1.Cn1c(C=O)nc2ccc(C(=O)NCCOCCOCCOCCOCCN)cc21. The minimum absolute atomic E-state index is 0.0986. The van der Waals surface area contributed by atoms with Crippen LogP contribution in [0.15, 0.2) is 54.6 Å². The highest BCUT2D eigenvalue weighted by Gasteiger charge is 2.20. The van der Waals surface area contributed by atoms with Crippen molar-refractivity contribution in [1.82, 2.24) is 24.8 Å². The largest absolute Gasteiger partial charge is 0.473 e. The number of carbonyl (C=O) groups is 2. The second-order valence-electron chi connectivity index (χ2n) is 13.5.